The molecule has 1 atom stereocenters. The van der Waals surface area contributed by atoms with Crippen LogP contribution in [0.25, 0.3) is 11.0 Å². The Hall–Kier alpha value is -1.29. The summed E-state index contributed by atoms with van der Waals surface area (Å²) in [5, 5.41) is 3.67. The molecule has 0 saturated heterocycles. The van der Waals surface area contributed by atoms with Crippen molar-refractivity contribution in [2.75, 3.05) is 11.1 Å². The number of hydrogen-bond donors (Lipinski definition) is 1. The summed E-state index contributed by atoms with van der Waals surface area (Å²) >= 11 is 2.01. The number of hydrogen-bond acceptors (Lipinski definition) is 4. The molecular weight excluding hydrogens is 333 g/mol. The molecule has 20 heavy (non-hydrogen) atoms. The molecule has 0 radical (unpaired) electrons. The van der Waals surface area contributed by atoms with E-state index in [0.717, 1.165) is 28.2 Å². The number of fused-ring (bicyclic) bond motifs is 2. The van der Waals surface area contributed by atoms with Crippen molar-refractivity contribution in [3.05, 3.63) is 53.6 Å². The molecule has 4 rings (SSSR count). The fraction of sp³-hybridized carbons (Fsp3) is 0.200. The van der Waals surface area contributed by atoms with Crippen molar-refractivity contribution in [1.82, 2.24) is 7.96 Å². The topological polar surface area (TPSA) is 37.8 Å². The van der Waals surface area contributed by atoms with E-state index in [4.69, 9.17) is 0 Å². The van der Waals surface area contributed by atoms with Gasteiger partial charge in [0.15, 0.2) is 0 Å². The average Bonchev–Trinajstić information content (AvgIpc) is 2.97. The summed E-state index contributed by atoms with van der Waals surface area (Å²) in [5.74, 6) is 2.22. The van der Waals surface area contributed by atoms with Crippen LogP contribution in [-0.4, -0.2) is 28.7 Å². The minimum absolute atomic E-state index is 0.0271. The van der Waals surface area contributed by atoms with Gasteiger partial charge in [-0.3, -0.25) is 0 Å². The van der Waals surface area contributed by atoms with Crippen molar-refractivity contribution in [3.8, 4) is 0 Å². The van der Waals surface area contributed by atoms with Crippen LogP contribution in [0.1, 0.15) is 17.2 Å². The quantitative estimate of drug-likeness (QED) is 0.724. The minimum atomic E-state index is 0.0271. The van der Waals surface area contributed by atoms with Crippen LogP contribution in [0.15, 0.2) is 42.5 Å². The van der Waals surface area contributed by atoms with E-state index < -0.39 is 0 Å². The Morgan fingerprint density at radius 3 is 3.05 bits per heavy atom. The monoisotopic (exact) mass is 347 g/mol. The number of anilines is 1. The Kier molecular flexibility index (Phi) is 3.26. The molecule has 2 heterocycles. The number of rotatable bonds is 2. The van der Waals surface area contributed by atoms with E-state index in [1.807, 2.05) is 17.8 Å². The summed E-state index contributed by atoms with van der Waals surface area (Å²) in [6.07, 6.45) is 0. The first-order valence-corrected chi connectivity index (χ1v) is 9.24. The molecule has 1 aromatic heterocycles. The van der Waals surface area contributed by atoms with Crippen LogP contribution in [-0.2, 0) is 5.75 Å². The second-order valence-electron chi connectivity index (χ2n) is 4.85. The molecule has 3 aromatic rings. The standard InChI is InChI=1S/C15H13N3SSe/c1-2-5-11-10(4-1)8-19-9-14(11)16-12-6-3-7-13-15(12)18-20-17-13/h1-7,14,16H,8-9H2. The summed E-state index contributed by atoms with van der Waals surface area (Å²) < 4.78 is 9.00. The van der Waals surface area contributed by atoms with Crippen molar-refractivity contribution in [2.24, 2.45) is 0 Å². The van der Waals surface area contributed by atoms with E-state index in [2.05, 4.69) is 49.7 Å². The Balaban J connectivity index is 1.72. The first kappa shape index (κ1) is 12.5. The van der Waals surface area contributed by atoms with Crippen molar-refractivity contribution in [3.63, 3.8) is 0 Å². The molecule has 0 saturated carbocycles. The maximum absolute atomic E-state index is 4.55. The molecular formula is C15H13N3SSe. The van der Waals surface area contributed by atoms with E-state index in [-0.39, 0.29) is 15.0 Å². The molecule has 1 N–H and O–H groups in total. The molecule has 0 bridgehead atoms. The third-order valence-corrected chi connectivity index (χ3v) is 5.81. The number of benzene rings is 2. The van der Waals surface area contributed by atoms with Crippen LogP contribution in [0, 0.1) is 0 Å². The van der Waals surface area contributed by atoms with Crippen LogP contribution in [0.3, 0.4) is 0 Å². The SMILES string of the molecule is c1ccc2c(c1)CSCC2Nc1cccc2n[se]nc12. The normalized spacial score (nSPS) is 17.9. The van der Waals surface area contributed by atoms with Crippen LogP contribution in [0.4, 0.5) is 5.69 Å². The van der Waals surface area contributed by atoms with Crippen molar-refractivity contribution >= 4 is 43.4 Å². The molecule has 0 spiro atoms. The summed E-state index contributed by atoms with van der Waals surface area (Å²) in [6, 6.07) is 15.3. The Labute approximate surface area is 128 Å². The number of aromatic nitrogens is 2. The van der Waals surface area contributed by atoms with Gasteiger partial charge in [0.25, 0.3) is 0 Å². The van der Waals surface area contributed by atoms with Crippen molar-refractivity contribution < 1.29 is 0 Å². The van der Waals surface area contributed by atoms with Crippen LogP contribution in [0.5, 0.6) is 0 Å². The molecule has 5 heteroatoms. The number of nitrogens with one attached hydrogen (secondary N) is 1. The summed E-state index contributed by atoms with van der Waals surface area (Å²) in [6.45, 7) is 0. The second kappa shape index (κ2) is 5.24. The predicted octanol–water partition coefficient (Wildman–Crippen LogP) is 3.09. The number of nitrogens with zero attached hydrogens (tertiary/aromatic N) is 2. The fourth-order valence-corrected chi connectivity index (χ4v) is 4.86. The van der Waals surface area contributed by atoms with Gasteiger partial charge < -0.3 is 0 Å². The first-order valence-electron chi connectivity index (χ1n) is 6.55. The Bertz CT molecular complexity index is 755. The second-order valence-corrected chi connectivity index (χ2v) is 6.99. The van der Waals surface area contributed by atoms with E-state index >= 15 is 0 Å². The van der Waals surface area contributed by atoms with Gasteiger partial charge in [0.05, 0.1) is 0 Å². The summed E-state index contributed by atoms with van der Waals surface area (Å²) in [5.41, 5.74) is 6.06. The van der Waals surface area contributed by atoms with Gasteiger partial charge in [-0.05, 0) is 0 Å². The third kappa shape index (κ3) is 2.16. The zero-order chi connectivity index (χ0) is 13.4. The molecule has 2 aromatic carbocycles. The first-order chi connectivity index (χ1) is 9.92. The van der Waals surface area contributed by atoms with E-state index in [0.29, 0.717) is 6.04 Å². The predicted molar refractivity (Wildman–Crippen MR) is 85.4 cm³/mol. The third-order valence-electron chi connectivity index (χ3n) is 3.59. The van der Waals surface area contributed by atoms with E-state index in [1.165, 1.54) is 11.1 Å². The van der Waals surface area contributed by atoms with Gasteiger partial charge in [-0.15, -0.1) is 0 Å². The van der Waals surface area contributed by atoms with Gasteiger partial charge >= 0.3 is 128 Å². The molecule has 1 aliphatic heterocycles. The van der Waals surface area contributed by atoms with Gasteiger partial charge in [-0.25, -0.2) is 0 Å². The zero-order valence-corrected chi connectivity index (χ0v) is 13.3. The molecule has 0 amide bonds. The average molecular weight is 346 g/mol. The van der Waals surface area contributed by atoms with Crippen LogP contribution < -0.4 is 5.32 Å². The van der Waals surface area contributed by atoms with Gasteiger partial charge in [0, 0.05) is 0 Å². The van der Waals surface area contributed by atoms with Gasteiger partial charge in [-0.2, -0.15) is 0 Å². The summed E-state index contributed by atoms with van der Waals surface area (Å²) in [7, 11) is 0. The Morgan fingerprint density at radius 1 is 1.10 bits per heavy atom. The molecule has 0 aliphatic carbocycles. The maximum atomic E-state index is 4.55. The molecule has 100 valence electrons. The van der Waals surface area contributed by atoms with Gasteiger partial charge in [0.1, 0.15) is 0 Å². The van der Waals surface area contributed by atoms with E-state index in [1.54, 1.807) is 0 Å². The molecule has 1 unspecified atom stereocenters. The number of thioether (sulfide) groups is 1. The van der Waals surface area contributed by atoms with Crippen molar-refractivity contribution in [1.29, 1.82) is 0 Å². The molecule has 3 nitrogen and oxygen atoms in total. The van der Waals surface area contributed by atoms with Crippen LogP contribution in [0.2, 0.25) is 0 Å². The van der Waals surface area contributed by atoms with Crippen molar-refractivity contribution in [2.45, 2.75) is 11.8 Å². The van der Waals surface area contributed by atoms with Crippen LogP contribution >= 0.6 is 11.8 Å². The van der Waals surface area contributed by atoms with E-state index in [9.17, 15) is 0 Å². The van der Waals surface area contributed by atoms with Gasteiger partial charge in [0.2, 0.25) is 0 Å². The molecule has 1 aliphatic rings. The zero-order valence-electron chi connectivity index (χ0n) is 10.7. The Morgan fingerprint density at radius 2 is 2.05 bits per heavy atom. The summed E-state index contributed by atoms with van der Waals surface area (Å²) in [4.78, 5) is 0. The molecule has 0 fully saturated rings. The fourth-order valence-electron chi connectivity index (χ4n) is 2.61. The van der Waals surface area contributed by atoms with Gasteiger partial charge in [-0.1, -0.05) is 0 Å².